The normalized spacial score (nSPS) is 19.5. The van der Waals surface area contributed by atoms with Crippen molar-refractivity contribution in [3.63, 3.8) is 0 Å². The van der Waals surface area contributed by atoms with Gasteiger partial charge in [-0.2, -0.15) is 0 Å². The van der Waals surface area contributed by atoms with Crippen molar-refractivity contribution in [3.8, 4) is 0 Å². The Morgan fingerprint density at radius 3 is 2.77 bits per heavy atom. The van der Waals surface area contributed by atoms with Gasteiger partial charge in [-0.1, -0.05) is 12.1 Å². The number of anilines is 1. The van der Waals surface area contributed by atoms with E-state index in [9.17, 15) is 14.4 Å². The number of amides is 1. The summed E-state index contributed by atoms with van der Waals surface area (Å²) in [5, 5.41) is 5.70. The van der Waals surface area contributed by atoms with E-state index in [0.717, 1.165) is 18.8 Å². The zero-order valence-electron chi connectivity index (χ0n) is 17.5. The van der Waals surface area contributed by atoms with Crippen molar-refractivity contribution in [3.05, 3.63) is 56.2 Å². The van der Waals surface area contributed by atoms with E-state index in [1.54, 1.807) is 24.3 Å². The van der Waals surface area contributed by atoms with Gasteiger partial charge >= 0.3 is 5.69 Å². The van der Waals surface area contributed by atoms with Gasteiger partial charge in [0.2, 0.25) is 5.91 Å². The fourth-order valence-electron chi connectivity index (χ4n) is 3.94. The zero-order valence-corrected chi connectivity index (χ0v) is 18.3. The lowest BCUT2D eigenvalue weighted by atomic mass is 10.2. The van der Waals surface area contributed by atoms with Gasteiger partial charge in [-0.25, -0.2) is 9.78 Å². The van der Waals surface area contributed by atoms with Gasteiger partial charge in [-0.3, -0.25) is 24.0 Å². The van der Waals surface area contributed by atoms with Gasteiger partial charge in [0.25, 0.3) is 5.56 Å². The molecule has 3 aromatic rings. The molecule has 2 N–H and O–H groups in total. The number of aromatic amines is 1. The van der Waals surface area contributed by atoms with Crippen LogP contribution in [-0.4, -0.2) is 50.6 Å². The average Bonchev–Trinajstić information content (AvgIpc) is 3.13. The fourth-order valence-corrected chi connectivity index (χ4v) is 4.66. The molecule has 1 aliphatic heterocycles. The van der Waals surface area contributed by atoms with Crippen LogP contribution in [0.2, 0.25) is 0 Å². The quantitative estimate of drug-likeness (QED) is 0.601. The van der Waals surface area contributed by atoms with Crippen molar-refractivity contribution >= 4 is 33.3 Å². The molecule has 0 bridgehead atoms. The summed E-state index contributed by atoms with van der Waals surface area (Å²) in [7, 11) is 0. The molecular formula is C21H25N5O4S. The van der Waals surface area contributed by atoms with Crippen LogP contribution in [0.3, 0.4) is 0 Å². The number of morpholine rings is 1. The van der Waals surface area contributed by atoms with E-state index in [0.29, 0.717) is 22.6 Å². The molecule has 0 saturated carbocycles. The SMILES string of the molecule is CC1CN(Cc2csc(NC(=O)CCn3c(=O)[nH]c(=O)c4ccccc43)n2)CC(C)O1. The first-order valence-electron chi connectivity index (χ1n) is 10.2. The second-order valence-electron chi connectivity index (χ2n) is 7.82. The third kappa shape index (κ3) is 5.09. The number of hydrogen-bond donors (Lipinski definition) is 2. The van der Waals surface area contributed by atoms with Crippen LogP contribution in [0, 0.1) is 0 Å². The lowest BCUT2D eigenvalue weighted by molar-refractivity contribution is -0.116. The number of aryl methyl sites for hydroxylation is 1. The van der Waals surface area contributed by atoms with E-state index in [4.69, 9.17) is 4.74 Å². The molecule has 1 amide bonds. The molecule has 2 unspecified atom stereocenters. The number of benzene rings is 1. The topological polar surface area (TPSA) is 109 Å². The highest BCUT2D eigenvalue weighted by atomic mass is 32.1. The summed E-state index contributed by atoms with van der Waals surface area (Å²) in [6.45, 7) is 6.70. The molecule has 0 aliphatic carbocycles. The Morgan fingerprint density at radius 1 is 1.26 bits per heavy atom. The van der Waals surface area contributed by atoms with E-state index < -0.39 is 11.2 Å². The largest absolute Gasteiger partial charge is 0.373 e. The van der Waals surface area contributed by atoms with Gasteiger partial charge in [0.05, 0.1) is 28.8 Å². The zero-order chi connectivity index (χ0) is 22.0. The van der Waals surface area contributed by atoms with Crippen molar-refractivity contribution < 1.29 is 9.53 Å². The van der Waals surface area contributed by atoms with Crippen molar-refractivity contribution in [1.29, 1.82) is 0 Å². The minimum Gasteiger partial charge on any atom is -0.373 e. The van der Waals surface area contributed by atoms with Crippen molar-refractivity contribution in [1.82, 2.24) is 19.4 Å². The van der Waals surface area contributed by atoms with E-state index >= 15 is 0 Å². The van der Waals surface area contributed by atoms with E-state index in [-0.39, 0.29) is 31.1 Å². The summed E-state index contributed by atoms with van der Waals surface area (Å²) in [6.07, 6.45) is 0.464. The van der Waals surface area contributed by atoms with E-state index in [1.807, 2.05) is 5.38 Å². The molecular weight excluding hydrogens is 418 g/mol. The highest BCUT2D eigenvalue weighted by Gasteiger charge is 2.22. The van der Waals surface area contributed by atoms with E-state index in [2.05, 4.69) is 34.0 Å². The number of rotatable bonds is 6. The molecule has 31 heavy (non-hydrogen) atoms. The number of carbonyl (C=O) groups is 1. The monoisotopic (exact) mass is 443 g/mol. The molecule has 1 fully saturated rings. The maximum atomic E-state index is 12.4. The number of para-hydroxylation sites is 1. The number of carbonyl (C=O) groups excluding carboxylic acids is 1. The Bertz CT molecular complexity index is 1190. The lowest BCUT2D eigenvalue weighted by Gasteiger charge is -2.34. The lowest BCUT2D eigenvalue weighted by Crippen LogP contribution is -2.44. The summed E-state index contributed by atoms with van der Waals surface area (Å²) in [4.78, 5) is 45.7. The third-order valence-corrected chi connectivity index (χ3v) is 5.95. The average molecular weight is 444 g/mol. The van der Waals surface area contributed by atoms with Crippen LogP contribution in [0.1, 0.15) is 26.0 Å². The van der Waals surface area contributed by atoms with Gasteiger partial charge in [0.1, 0.15) is 0 Å². The van der Waals surface area contributed by atoms with Crippen LogP contribution < -0.4 is 16.6 Å². The van der Waals surface area contributed by atoms with Gasteiger partial charge in [-0.05, 0) is 26.0 Å². The van der Waals surface area contributed by atoms with Crippen LogP contribution in [0.15, 0.2) is 39.2 Å². The summed E-state index contributed by atoms with van der Waals surface area (Å²) in [5.41, 5.74) is 0.460. The number of nitrogens with one attached hydrogen (secondary N) is 2. The van der Waals surface area contributed by atoms with Crippen LogP contribution in [-0.2, 0) is 22.6 Å². The van der Waals surface area contributed by atoms with Gasteiger partial charge in [0, 0.05) is 38.0 Å². The van der Waals surface area contributed by atoms with Crippen LogP contribution >= 0.6 is 11.3 Å². The second kappa shape index (κ2) is 9.13. The minimum absolute atomic E-state index is 0.0867. The van der Waals surface area contributed by atoms with Gasteiger partial charge in [-0.15, -0.1) is 11.3 Å². The predicted octanol–water partition coefficient (Wildman–Crippen LogP) is 1.78. The summed E-state index contributed by atoms with van der Waals surface area (Å²) in [6, 6.07) is 6.84. The smallest absolute Gasteiger partial charge is 0.328 e. The number of fused-ring (bicyclic) bond motifs is 1. The first-order chi connectivity index (χ1) is 14.9. The van der Waals surface area contributed by atoms with Crippen LogP contribution in [0.25, 0.3) is 10.9 Å². The van der Waals surface area contributed by atoms with Crippen LogP contribution in [0.5, 0.6) is 0 Å². The summed E-state index contributed by atoms with van der Waals surface area (Å²) >= 11 is 1.38. The van der Waals surface area contributed by atoms with E-state index in [1.165, 1.54) is 15.9 Å². The number of aromatic nitrogens is 3. The molecule has 0 spiro atoms. The predicted molar refractivity (Wildman–Crippen MR) is 119 cm³/mol. The Morgan fingerprint density at radius 2 is 2.00 bits per heavy atom. The molecule has 9 nitrogen and oxygen atoms in total. The van der Waals surface area contributed by atoms with Crippen molar-refractivity contribution in [2.45, 2.75) is 45.6 Å². The first kappa shape index (κ1) is 21.4. The Balaban J connectivity index is 1.37. The highest BCUT2D eigenvalue weighted by molar-refractivity contribution is 7.13. The molecule has 10 heteroatoms. The number of nitrogens with zero attached hydrogens (tertiary/aromatic N) is 3. The Kier molecular flexibility index (Phi) is 6.30. The molecule has 4 rings (SSSR count). The van der Waals surface area contributed by atoms with Crippen molar-refractivity contribution in [2.75, 3.05) is 18.4 Å². The van der Waals surface area contributed by atoms with Crippen LogP contribution in [0.4, 0.5) is 5.13 Å². The molecule has 1 aromatic carbocycles. The molecule has 164 valence electrons. The van der Waals surface area contributed by atoms with Gasteiger partial charge in [0.15, 0.2) is 5.13 Å². The fraction of sp³-hybridized carbons (Fsp3) is 0.429. The highest BCUT2D eigenvalue weighted by Crippen LogP contribution is 2.19. The van der Waals surface area contributed by atoms with Crippen molar-refractivity contribution in [2.24, 2.45) is 0 Å². The first-order valence-corrected chi connectivity index (χ1v) is 11.1. The molecule has 2 aromatic heterocycles. The third-order valence-electron chi connectivity index (χ3n) is 5.15. The second-order valence-corrected chi connectivity index (χ2v) is 8.68. The molecule has 1 aliphatic rings. The maximum absolute atomic E-state index is 12.4. The maximum Gasteiger partial charge on any atom is 0.328 e. The number of ether oxygens (including phenoxy) is 1. The molecule has 1 saturated heterocycles. The Labute approximate surface area is 182 Å². The number of thiazole rings is 1. The van der Waals surface area contributed by atoms with Gasteiger partial charge < -0.3 is 10.1 Å². The standard InChI is InChI=1S/C21H25N5O4S/c1-13-9-25(10-14(2)30-13)11-15-12-31-20(22-15)23-18(27)7-8-26-17-6-4-3-5-16(17)19(28)24-21(26)29/h3-6,12-14H,7-11H2,1-2H3,(H,22,23,27)(H,24,28,29). The Hall–Kier alpha value is -2.82. The number of hydrogen-bond acceptors (Lipinski definition) is 7. The molecule has 2 atom stereocenters. The number of H-pyrrole nitrogens is 1. The summed E-state index contributed by atoms with van der Waals surface area (Å²) < 4.78 is 7.16. The molecule has 0 radical (unpaired) electrons. The summed E-state index contributed by atoms with van der Waals surface area (Å²) in [5.74, 6) is -0.239. The molecule has 3 heterocycles. The minimum atomic E-state index is -0.526.